The average molecular weight is 166 g/mol. The van der Waals surface area contributed by atoms with Crippen molar-refractivity contribution in [3.8, 4) is 0 Å². The molecule has 1 heterocycles. The van der Waals surface area contributed by atoms with Crippen molar-refractivity contribution in [3.05, 3.63) is 29.4 Å². The quantitative estimate of drug-likeness (QED) is 0.596. The van der Waals surface area contributed by atoms with Crippen LogP contribution in [-0.4, -0.2) is 15.4 Å². The van der Waals surface area contributed by atoms with Gasteiger partial charge in [-0.25, -0.2) is 0 Å². The molecule has 0 aliphatic rings. The van der Waals surface area contributed by atoms with E-state index in [1.807, 2.05) is 12.1 Å². The first-order chi connectivity index (χ1) is 5.38. The number of halogens is 1. The first-order valence-corrected chi connectivity index (χ1v) is 3.48. The number of benzene rings is 1. The van der Waals surface area contributed by atoms with Crippen molar-refractivity contribution in [1.82, 2.24) is 15.4 Å². The van der Waals surface area contributed by atoms with Gasteiger partial charge in [0.25, 0.3) is 0 Å². The monoisotopic (exact) mass is 165 g/mol. The van der Waals surface area contributed by atoms with Gasteiger partial charge in [-0.1, -0.05) is 17.7 Å². The third-order valence-electron chi connectivity index (χ3n) is 1.42. The lowest BCUT2D eigenvalue weighted by Crippen LogP contribution is -1.86. The molecule has 54 valence electrons. The summed E-state index contributed by atoms with van der Waals surface area (Å²) < 4.78 is 0. The van der Waals surface area contributed by atoms with E-state index in [2.05, 4.69) is 15.4 Å². The summed E-state index contributed by atoms with van der Waals surface area (Å²) >= 11 is 5.85. The van der Waals surface area contributed by atoms with Gasteiger partial charge in [0.05, 0.1) is 16.7 Å². The summed E-state index contributed by atoms with van der Waals surface area (Å²) in [5, 5.41) is 12.4. The van der Waals surface area contributed by atoms with Crippen molar-refractivity contribution in [1.29, 1.82) is 0 Å². The van der Waals surface area contributed by atoms with Crippen LogP contribution in [-0.2, 0) is 0 Å². The zero-order chi connectivity index (χ0) is 7.68. The second-order valence-electron chi connectivity index (χ2n) is 2.11. The summed E-state index contributed by atoms with van der Waals surface area (Å²) in [6.07, 6.45) is 1.60. The second kappa shape index (κ2) is 2.43. The van der Waals surface area contributed by atoms with Crippen molar-refractivity contribution < 1.29 is 0 Å². The summed E-state index contributed by atoms with van der Waals surface area (Å²) in [4.78, 5) is 0. The Balaban J connectivity index is 2.91. The molecule has 0 atom stereocenters. The van der Waals surface area contributed by atoms with Crippen molar-refractivity contribution in [2.75, 3.05) is 0 Å². The SMILES string of the molecule is Clc1cccc2nnncc12. The van der Waals surface area contributed by atoms with Crippen LogP contribution in [0.5, 0.6) is 0 Å². The average Bonchev–Trinajstić information content (AvgIpc) is 2.06. The Morgan fingerprint density at radius 1 is 1.27 bits per heavy atom. The first kappa shape index (κ1) is 6.49. The van der Waals surface area contributed by atoms with Crippen LogP contribution in [0, 0.1) is 0 Å². The molecule has 0 fully saturated rings. The van der Waals surface area contributed by atoms with Gasteiger partial charge in [-0.3, -0.25) is 0 Å². The molecule has 4 heteroatoms. The Labute approximate surface area is 68.0 Å². The van der Waals surface area contributed by atoms with E-state index in [-0.39, 0.29) is 0 Å². The highest BCUT2D eigenvalue weighted by molar-refractivity contribution is 6.35. The lowest BCUT2D eigenvalue weighted by molar-refractivity contribution is 0.895. The van der Waals surface area contributed by atoms with Crippen LogP contribution in [0.15, 0.2) is 24.4 Å². The van der Waals surface area contributed by atoms with Crippen molar-refractivity contribution in [3.63, 3.8) is 0 Å². The molecule has 0 spiro atoms. The van der Waals surface area contributed by atoms with Gasteiger partial charge in [-0.15, -0.1) is 10.2 Å². The number of hydrogen-bond acceptors (Lipinski definition) is 3. The van der Waals surface area contributed by atoms with E-state index in [0.29, 0.717) is 5.02 Å². The van der Waals surface area contributed by atoms with E-state index >= 15 is 0 Å². The summed E-state index contributed by atoms with van der Waals surface area (Å²) in [5.41, 5.74) is 0.771. The minimum absolute atomic E-state index is 0.657. The van der Waals surface area contributed by atoms with Gasteiger partial charge in [-0.2, -0.15) is 0 Å². The molecule has 0 aliphatic heterocycles. The molecule has 2 rings (SSSR count). The lowest BCUT2D eigenvalue weighted by atomic mass is 10.2. The van der Waals surface area contributed by atoms with Crippen LogP contribution >= 0.6 is 11.6 Å². The Morgan fingerprint density at radius 2 is 2.18 bits per heavy atom. The van der Waals surface area contributed by atoms with E-state index in [1.54, 1.807) is 12.3 Å². The molecule has 0 bridgehead atoms. The van der Waals surface area contributed by atoms with Crippen LogP contribution in [0.2, 0.25) is 5.02 Å². The molecule has 0 saturated heterocycles. The Kier molecular flexibility index (Phi) is 1.43. The molecule has 0 N–H and O–H groups in total. The number of rotatable bonds is 0. The maximum absolute atomic E-state index is 5.85. The third kappa shape index (κ3) is 1.03. The fraction of sp³-hybridized carbons (Fsp3) is 0. The molecular formula is C7H4ClN3. The van der Waals surface area contributed by atoms with Gasteiger partial charge in [0.2, 0.25) is 0 Å². The predicted octanol–water partition coefficient (Wildman–Crippen LogP) is 1.68. The van der Waals surface area contributed by atoms with Crippen molar-refractivity contribution in [2.45, 2.75) is 0 Å². The molecule has 0 saturated carbocycles. The highest BCUT2D eigenvalue weighted by Gasteiger charge is 1.97. The summed E-state index contributed by atoms with van der Waals surface area (Å²) in [6, 6.07) is 5.47. The normalized spacial score (nSPS) is 10.3. The van der Waals surface area contributed by atoms with E-state index in [4.69, 9.17) is 11.6 Å². The van der Waals surface area contributed by atoms with E-state index in [9.17, 15) is 0 Å². The number of hydrogen-bond donors (Lipinski definition) is 0. The predicted molar refractivity (Wildman–Crippen MR) is 42.3 cm³/mol. The molecule has 3 nitrogen and oxygen atoms in total. The largest absolute Gasteiger partial charge is 0.138 e. The molecular weight excluding hydrogens is 162 g/mol. The highest BCUT2D eigenvalue weighted by atomic mass is 35.5. The van der Waals surface area contributed by atoms with Crippen LogP contribution in [0.4, 0.5) is 0 Å². The van der Waals surface area contributed by atoms with Gasteiger partial charge < -0.3 is 0 Å². The van der Waals surface area contributed by atoms with E-state index in [1.165, 1.54) is 0 Å². The Hall–Kier alpha value is -1.22. The molecule has 0 amide bonds. The number of fused-ring (bicyclic) bond motifs is 1. The number of aromatic nitrogens is 3. The fourth-order valence-electron chi connectivity index (χ4n) is 0.898. The standard InChI is InChI=1S/C7H4ClN3/c8-6-2-1-3-7-5(6)4-9-11-10-7/h1-4H. The molecule has 1 aromatic heterocycles. The van der Waals surface area contributed by atoms with Gasteiger partial charge in [0, 0.05) is 5.39 Å². The summed E-state index contributed by atoms with van der Waals surface area (Å²) in [5.74, 6) is 0. The molecule has 1 aromatic carbocycles. The van der Waals surface area contributed by atoms with Gasteiger partial charge in [-0.05, 0) is 17.3 Å². The Bertz CT molecular complexity index is 383. The Morgan fingerprint density at radius 3 is 3.00 bits per heavy atom. The highest BCUT2D eigenvalue weighted by Crippen LogP contribution is 2.18. The molecule has 0 radical (unpaired) electrons. The summed E-state index contributed by atoms with van der Waals surface area (Å²) in [6.45, 7) is 0. The van der Waals surface area contributed by atoms with E-state index in [0.717, 1.165) is 10.9 Å². The van der Waals surface area contributed by atoms with Gasteiger partial charge in [0.15, 0.2) is 0 Å². The van der Waals surface area contributed by atoms with Crippen LogP contribution < -0.4 is 0 Å². The molecule has 11 heavy (non-hydrogen) atoms. The smallest absolute Gasteiger partial charge is 0.0978 e. The lowest BCUT2D eigenvalue weighted by Gasteiger charge is -1.94. The minimum atomic E-state index is 0.657. The fourth-order valence-corrected chi connectivity index (χ4v) is 1.12. The van der Waals surface area contributed by atoms with Gasteiger partial charge in [0.1, 0.15) is 0 Å². The zero-order valence-corrected chi connectivity index (χ0v) is 6.28. The van der Waals surface area contributed by atoms with Crippen LogP contribution in [0.1, 0.15) is 0 Å². The third-order valence-corrected chi connectivity index (χ3v) is 1.75. The maximum Gasteiger partial charge on any atom is 0.0978 e. The molecule has 0 aliphatic carbocycles. The number of nitrogens with zero attached hydrogens (tertiary/aromatic N) is 3. The van der Waals surface area contributed by atoms with Gasteiger partial charge >= 0.3 is 0 Å². The maximum atomic E-state index is 5.85. The van der Waals surface area contributed by atoms with Crippen LogP contribution in [0.25, 0.3) is 10.9 Å². The van der Waals surface area contributed by atoms with Crippen molar-refractivity contribution in [2.24, 2.45) is 0 Å². The van der Waals surface area contributed by atoms with Crippen LogP contribution in [0.3, 0.4) is 0 Å². The van der Waals surface area contributed by atoms with E-state index < -0.39 is 0 Å². The zero-order valence-electron chi connectivity index (χ0n) is 5.53. The topological polar surface area (TPSA) is 38.7 Å². The second-order valence-corrected chi connectivity index (χ2v) is 2.51. The minimum Gasteiger partial charge on any atom is -0.138 e. The molecule has 2 aromatic rings. The summed E-state index contributed by atoms with van der Waals surface area (Å²) in [7, 11) is 0. The first-order valence-electron chi connectivity index (χ1n) is 3.10. The molecule has 0 unspecified atom stereocenters. The van der Waals surface area contributed by atoms with Crippen molar-refractivity contribution >= 4 is 22.5 Å².